The van der Waals surface area contributed by atoms with E-state index in [1.54, 1.807) is 12.1 Å². The predicted octanol–water partition coefficient (Wildman–Crippen LogP) is 4.36. The van der Waals surface area contributed by atoms with Crippen LogP contribution in [-0.2, 0) is 10.0 Å². The molecule has 8 heteroatoms. The van der Waals surface area contributed by atoms with Gasteiger partial charge in [-0.3, -0.25) is 4.79 Å². The summed E-state index contributed by atoms with van der Waals surface area (Å²) in [6, 6.07) is 12.1. The predicted molar refractivity (Wildman–Crippen MR) is 128 cm³/mol. The normalized spacial score (nSPS) is 17.1. The summed E-state index contributed by atoms with van der Waals surface area (Å²) in [4.78, 5) is 15.1. The van der Waals surface area contributed by atoms with Gasteiger partial charge in [-0.05, 0) is 76.1 Å². The molecular weight excluding hydrogens is 426 g/mol. The first-order chi connectivity index (χ1) is 15.3. The highest BCUT2D eigenvalue weighted by atomic mass is 32.2. The van der Waals surface area contributed by atoms with E-state index in [0.717, 1.165) is 38.0 Å². The van der Waals surface area contributed by atoms with Gasteiger partial charge in [-0.2, -0.15) is 4.31 Å². The quantitative estimate of drug-likeness (QED) is 0.635. The van der Waals surface area contributed by atoms with Crippen molar-refractivity contribution in [2.75, 3.05) is 37.0 Å². The van der Waals surface area contributed by atoms with Crippen LogP contribution in [0.1, 0.15) is 50.4 Å². The molecule has 0 saturated carbocycles. The van der Waals surface area contributed by atoms with Gasteiger partial charge in [-0.15, -0.1) is 0 Å². The largest absolute Gasteiger partial charge is 0.495 e. The second-order valence-electron chi connectivity index (χ2n) is 8.00. The molecule has 1 N–H and O–H groups in total. The lowest BCUT2D eigenvalue weighted by atomic mass is 10.1. The van der Waals surface area contributed by atoms with E-state index >= 15 is 0 Å². The average molecular weight is 460 g/mol. The fourth-order valence-corrected chi connectivity index (χ4v) is 6.01. The van der Waals surface area contributed by atoms with E-state index in [1.165, 1.54) is 17.5 Å². The first-order valence-electron chi connectivity index (χ1n) is 11.2. The molecular formula is C24H33N3O4S. The van der Waals surface area contributed by atoms with Gasteiger partial charge in [-0.25, -0.2) is 8.42 Å². The summed E-state index contributed by atoms with van der Waals surface area (Å²) >= 11 is 0. The van der Waals surface area contributed by atoms with Crippen LogP contribution in [0.5, 0.6) is 5.75 Å². The summed E-state index contributed by atoms with van der Waals surface area (Å²) in [5.74, 6) is -0.130. The zero-order valence-electron chi connectivity index (χ0n) is 19.3. The Morgan fingerprint density at radius 1 is 1.12 bits per heavy atom. The number of hydrogen-bond donors (Lipinski definition) is 1. The summed E-state index contributed by atoms with van der Waals surface area (Å²) < 4.78 is 33.6. The maximum atomic E-state index is 13.4. The van der Waals surface area contributed by atoms with Gasteiger partial charge in [0, 0.05) is 42.6 Å². The number of hydrogen-bond acceptors (Lipinski definition) is 5. The number of carbonyl (C=O) groups excluding carboxylic acids is 1. The molecule has 3 rings (SSSR count). The third-order valence-corrected chi connectivity index (χ3v) is 8.04. The molecule has 1 heterocycles. The molecule has 1 fully saturated rings. The van der Waals surface area contributed by atoms with Gasteiger partial charge in [0.1, 0.15) is 10.6 Å². The van der Waals surface area contributed by atoms with E-state index in [1.807, 2.05) is 31.2 Å². The molecule has 2 aromatic carbocycles. The van der Waals surface area contributed by atoms with Crippen molar-refractivity contribution in [2.45, 2.75) is 51.0 Å². The van der Waals surface area contributed by atoms with Crippen LogP contribution in [0.2, 0.25) is 0 Å². The van der Waals surface area contributed by atoms with E-state index in [9.17, 15) is 13.2 Å². The first-order valence-corrected chi connectivity index (χ1v) is 12.6. The van der Waals surface area contributed by atoms with Gasteiger partial charge in [0.25, 0.3) is 5.91 Å². The standard InChI is InChI=1S/C24H33N3O4S/c1-5-26(6-2)21-13-11-20(12-14-21)25-24(28)19-10-15-22(31-4)23(17-19)32(29,30)27-16-8-7-9-18(27)3/h10-15,17-18H,5-9,16H2,1-4H3,(H,25,28)/t18-/m1/s1. The molecule has 0 aromatic heterocycles. The Morgan fingerprint density at radius 2 is 1.81 bits per heavy atom. The molecule has 174 valence electrons. The van der Waals surface area contributed by atoms with Crippen LogP contribution in [0, 0.1) is 0 Å². The second kappa shape index (κ2) is 10.4. The third kappa shape index (κ3) is 5.07. The fourth-order valence-electron chi connectivity index (χ4n) is 4.12. The van der Waals surface area contributed by atoms with Crippen molar-refractivity contribution < 1.29 is 17.9 Å². The molecule has 1 atom stereocenters. The van der Waals surface area contributed by atoms with E-state index in [4.69, 9.17) is 4.74 Å². The molecule has 0 bridgehead atoms. The molecule has 0 radical (unpaired) electrons. The van der Waals surface area contributed by atoms with Crippen molar-refractivity contribution in [3.05, 3.63) is 48.0 Å². The van der Waals surface area contributed by atoms with Crippen LogP contribution in [0.15, 0.2) is 47.4 Å². The average Bonchev–Trinajstić information content (AvgIpc) is 2.80. The zero-order chi connectivity index (χ0) is 23.3. The molecule has 7 nitrogen and oxygen atoms in total. The van der Waals surface area contributed by atoms with Crippen LogP contribution in [0.25, 0.3) is 0 Å². The Balaban J connectivity index is 1.85. The molecule has 1 aliphatic rings. The summed E-state index contributed by atoms with van der Waals surface area (Å²) in [7, 11) is -2.35. The number of anilines is 2. The second-order valence-corrected chi connectivity index (χ2v) is 9.86. The number of sulfonamides is 1. The minimum absolute atomic E-state index is 0.0262. The van der Waals surface area contributed by atoms with Gasteiger partial charge in [-0.1, -0.05) is 6.42 Å². The molecule has 2 aromatic rings. The molecule has 32 heavy (non-hydrogen) atoms. The number of ether oxygens (including phenoxy) is 1. The lowest BCUT2D eigenvalue weighted by Gasteiger charge is -2.32. The topological polar surface area (TPSA) is 79.0 Å². The Morgan fingerprint density at radius 3 is 2.41 bits per heavy atom. The molecule has 1 aliphatic heterocycles. The first kappa shape index (κ1) is 24.1. The number of piperidine rings is 1. The highest BCUT2D eigenvalue weighted by molar-refractivity contribution is 7.89. The van der Waals surface area contributed by atoms with Crippen LogP contribution < -0.4 is 15.0 Å². The Labute approximate surface area is 191 Å². The number of nitrogens with one attached hydrogen (secondary N) is 1. The Bertz CT molecular complexity index is 1030. The van der Waals surface area contributed by atoms with Gasteiger partial charge in [0.2, 0.25) is 10.0 Å². The van der Waals surface area contributed by atoms with Crippen LogP contribution >= 0.6 is 0 Å². The highest BCUT2D eigenvalue weighted by Crippen LogP contribution is 2.32. The third-order valence-electron chi connectivity index (χ3n) is 6.01. The van der Waals surface area contributed by atoms with E-state index in [-0.39, 0.29) is 28.2 Å². The molecule has 0 unspecified atom stereocenters. The maximum Gasteiger partial charge on any atom is 0.255 e. The van der Waals surface area contributed by atoms with Crippen LogP contribution in [-0.4, -0.2) is 51.4 Å². The van der Waals surface area contributed by atoms with Gasteiger partial charge in [0.15, 0.2) is 0 Å². The number of benzene rings is 2. The number of amides is 1. The van der Waals surface area contributed by atoms with Crippen molar-refractivity contribution in [3.8, 4) is 5.75 Å². The van der Waals surface area contributed by atoms with E-state index < -0.39 is 10.0 Å². The summed E-state index contributed by atoms with van der Waals surface area (Å²) in [5, 5.41) is 2.86. The summed E-state index contributed by atoms with van der Waals surface area (Å²) in [5.41, 5.74) is 2.00. The zero-order valence-corrected chi connectivity index (χ0v) is 20.1. The van der Waals surface area contributed by atoms with Crippen molar-refractivity contribution in [3.63, 3.8) is 0 Å². The molecule has 1 amide bonds. The SMILES string of the molecule is CCN(CC)c1ccc(NC(=O)c2ccc(OC)c(S(=O)(=O)N3CCCC[C@H]3C)c2)cc1. The minimum Gasteiger partial charge on any atom is -0.495 e. The van der Waals surface area contributed by atoms with Gasteiger partial charge in [0.05, 0.1) is 7.11 Å². The van der Waals surface area contributed by atoms with Crippen molar-refractivity contribution >= 4 is 27.3 Å². The number of rotatable bonds is 8. The molecule has 1 saturated heterocycles. The monoisotopic (exact) mass is 459 g/mol. The Hall–Kier alpha value is -2.58. The van der Waals surface area contributed by atoms with Gasteiger partial charge < -0.3 is 15.0 Å². The fraction of sp³-hybridized carbons (Fsp3) is 0.458. The summed E-state index contributed by atoms with van der Waals surface area (Å²) in [6.07, 6.45) is 2.67. The van der Waals surface area contributed by atoms with Crippen LogP contribution in [0.3, 0.4) is 0 Å². The van der Waals surface area contributed by atoms with Crippen LogP contribution in [0.4, 0.5) is 11.4 Å². The molecule has 0 spiro atoms. The van der Waals surface area contributed by atoms with Crippen molar-refractivity contribution in [2.24, 2.45) is 0 Å². The molecule has 0 aliphatic carbocycles. The number of nitrogens with zero attached hydrogens (tertiary/aromatic N) is 2. The number of methoxy groups -OCH3 is 1. The smallest absolute Gasteiger partial charge is 0.255 e. The maximum absolute atomic E-state index is 13.4. The van der Waals surface area contributed by atoms with E-state index in [2.05, 4.69) is 24.1 Å². The van der Waals surface area contributed by atoms with Crippen molar-refractivity contribution in [1.82, 2.24) is 4.31 Å². The Kier molecular flexibility index (Phi) is 7.79. The minimum atomic E-state index is -3.78. The lowest BCUT2D eigenvalue weighted by molar-refractivity contribution is 0.102. The van der Waals surface area contributed by atoms with E-state index in [0.29, 0.717) is 12.2 Å². The number of carbonyl (C=O) groups is 1. The van der Waals surface area contributed by atoms with Crippen molar-refractivity contribution in [1.29, 1.82) is 0 Å². The summed E-state index contributed by atoms with van der Waals surface area (Å²) in [6.45, 7) is 8.39. The highest BCUT2D eigenvalue weighted by Gasteiger charge is 2.33. The lowest BCUT2D eigenvalue weighted by Crippen LogP contribution is -2.42. The van der Waals surface area contributed by atoms with Gasteiger partial charge >= 0.3 is 0 Å².